The molecule has 3 heterocycles. The zero-order valence-corrected chi connectivity index (χ0v) is 12.9. The van der Waals surface area contributed by atoms with Gasteiger partial charge in [0.1, 0.15) is 5.75 Å². The first-order valence-corrected chi connectivity index (χ1v) is 7.65. The van der Waals surface area contributed by atoms with Crippen LogP contribution < -0.4 is 14.8 Å². The fourth-order valence-corrected chi connectivity index (χ4v) is 3.10. The highest BCUT2D eigenvalue weighted by Gasteiger charge is 2.13. The number of fused-ring (bicyclic) bond motifs is 1. The standard InChI is InChI=1S/C16H11N3O3S/c1-21-11-6-4-10(5-7-11)9-13-15(20)19-16(23-13)17-14(18-19)12-3-2-8-22-12/h2-9H,1H3/b13-9-. The Hall–Kier alpha value is -2.93. The molecule has 0 amide bonds. The topological polar surface area (TPSA) is 69.6 Å². The van der Waals surface area contributed by atoms with Crippen molar-refractivity contribution in [2.75, 3.05) is 7.11 Å². The van der Waals surface area contributed by atoms with Crippen molar-refractivity contribution in [1.29, 1.82) is 0 Å². The van der Waals surface area contributed by atoms with Crippen LogP contribution in [0.25, 0.3) is 22.6 Å². The molecule has 0 saturated heterocycles. The second kappa shape index (κ2) is 5.36. The van der Waals surface area contributed by atoms with Gasteiger partial charge in [0.15, 0.2) is 5.76 Å². The smallest absolute Gasteiger partial charge is 0.291 e. The lowest BCUT2D eigenvalue weighted by Crippen LogP contribution is -2.23. The normalized spacial score (nSPS) is 12.1. The molecule has 0 spiro atoms. The van der Waals surface area contributed by atoms with Crippen molar-refractivity contribution in [1.82, 2.24) is 14.6 Å². The Morgan fingerprint density at radius 1 is 1.26 bits per heavy atom. The Morgan fingerprint density at radius 3 is 2.74 bits per heavy atom. The van der Waals surface area contributed by atoms with Gasteiger partial charge in [-0.2, -0.15) is 9.50 Å². The van der Waals surface area contributed by atoms with E-state index < -0.39 is 0 Å². The molecule has 0 aliphatic rings. The minimum atomic E-state index is -0.189. The quantitative estimate of drug-likeness (QED) is 0.576. The molecule has 23 heavy (non-hydrogen) atoms. The number of ether oxygens (including phenoxy) is 1. The van der Waals surface area contributed by atoms with Crippen molar-refractivity contribution in [2.45, 2.75) is 0 Å². The van der Waals surface area contributed by atoms with E-state index >= 15 is 0 Å². The Morgan fingerprint density at radius 2 is 2.09 bits per heavy atom. The Balaban J connectivity index is 1.79. The lowest BCUT2D eigenvalue weighted by molar-refractivity contribution is 0.415. The zero-order chi connectivity index (χ0) is 15.8. The molecule has 0 unspecified atom stereocenters. The first kappa shape index (κ1) is 13.7. The van der Waals surface area contributed by atoms with Crippen LogP contribution in [0, 0.1) is 0 Å². The van der Waals surface area contributed by atoms with E-state index in [0.29, 0.717) is 21.1 Å². The number of furan rings is 1. The molecule has 0 atom stereocenters. The lowest BCUT2D eigenvalue weighted by atomic mass is 10.2. The van der Waals surface area contributed by atoms with Gasteiger partial charge in [-0.1, -0.05) is 23.5 Å². The van der Waals surface area contributed by atoms with E-state index in [0.717, 1.165) is 11.3 Å². The molecular formula is C16H11N3O3S. The molecule has 0 aliphatic carbocycles. The van der Waals surface area contributed by atoms with Gasteiger partial charge in [0.05, 0.1) is 17.9 Å². The fourth-order valence-electron chi connectivity index (χ4n) is 2.20. The lowest BCUT2D eigenvalue weighted by Gasteiger charge is -1.98. The molecule has 4 rings (SSSR count). The third-order valence-corrected chi connectivity index (χ3v) is 4.30. The molecule has 0 N–H and O–H groups in total. The molecule has 0 radical (unpaired) electrons. The van der Waals surface area contributed by atoms with Gasteiger partial charge in [-0.05, 0) is 35.9 Å². The van der Waals surface area contributed by atoms with E-state index in [1.165, 1.54) is 15.9 Å². The third kappa shape index (κ3) is 2.40. The predicted molar refractivity (Wildman–Crippen MR) is 86.6 cm³/mol. The first-order chi connectivity index (χ1) is 11.2. The van der Waals surface area contributed by atoms with E-state index in [-0.39, 0.29) is 5.56 Å². The Bertz CT molecular complexity index is 1060. The van der Waals surface area contributed by atoms with Gasteiger partial charge in [-0.15, -0.1) is 5.10 Å². The van der Waals surface area contributed by atoms with Crippen LogP contribution in [-0.2, 0) is 0 Å². The molecule has 0 saturated carbocycles. The first-order valence-electron chi connectivity index (χ1n) is 6.84. The summed E-state index contributed by atoms with van der Waals surface area (Å²) in [7, 11) is 1.62. The summed E-state index contributed by atoms with van der Waals surface area (Å²) >= 11 is 1.30. The van der Waals surface area contributed by atoms with E-state index in [1.54, 1.807) is 25.5 Å². The van der Waals surface area contributed by atoms with Crippen LogP contribution in [-0.4, -0.2) is 21.7 Å². The van der Waals surface area contributed by atoms with Crippen LogP contribution in [0.15, 0.2) is 51.9 Å². The van der Waals surface area contributed by atoms with Crippen molar-refractivity contribution >= 4 is 22.4 Å². The van der Waals surface area contributed by atoms with Crippen LogP contribution >= 0.6 is 11.3 Å². The van der Waals surface area contributed by atoms with Crippen molar-refractivity contribution < 1.29 is 9.15 Å². The van der Waals surface area contributed by atoms with E-state index in [2.05, 4.69) is 10.1 Å². The second-order valence-electron chi connectivity index (χ2n) is 4.80. The minimum absolute atomic E-state index is 0.189. The maximum Gasteiger partial charge on any atom is 0.291 e. The number of rotatable bonds is 3. The van der Waals surface area contributed by atoms with Gasteiger partial charge in [0.2, 0.25) is 10.8 Å². The van der Waals surface area contributed by atoms with Gasteiger partial charge in [-0.3, -0.25) is 4.79 Å². The van der Waals surface area contributed by atoms with Crippen molar-refractivity contribution in [3.05, 3.63) is 63.1 Å². The van der Waals surface area contributed by atoms with E-state index in [1.807, 2.05) is 30.3 Å². The maximum atomic E-state index is 12.4. The van der Waals surface area contributed by atoms with Gasteiger partial charge in [-0.25, -0.2) is 0 Å². The SMILES string of the molecule is COc1ccc(/C=c2\sc3nc(-c4ccco4)nn3c2=O)cc1. The van der Waals surface area contributed by atoms with Crippen molar-refractivity contribution in [3.8, 4) is 17.3 Å². The molecule has 3 aromatic heterocycles. The summed E-state index contributed by atoms with van der Waals surface area (Å²) in [4.78, 5) is 17.3. The van der Waals surface area contributed by atoms with Crippen molar-refractivity contribution in [3.63, 3.8) is 0 Å². The average molecular weight is 325 g/mol. The number of hydrogen-bond donors (Lipinski definition) is 0. The number of aromatic nitrogens is 3. The van der Waals surface area contributed by atoms with Gasteiger partial charge in [0.25, 0.3) is 5.56 Å². The second-order valence-corrected chi connectivity index (χ2v) is 5.81. The van der Waals surface area contributed by atoms with Gasteiger partial charge >= 0.3 is 0 Å². The highest BCUT2D eigenvalue weighted by atomic mass is 32.1. The molecule has 114 valence electrons. The molecular weight excluding hydrogens is 314 g/mol. The average Bonchev–Trinajstić information content (AvgIpc) is 3.27. The summed E-state index contributed by atoms with van der Waals surface area (Å²) < 4.78 is 12.3. The monoisotopic (exact) mass is 325 g/mol. The highest BCUT2D eigenvalue weighted by Crippen LogP contribution is 2.16. The molecule has 0 aliphatic heterocycles. The number of benzene rings is 1. The maximum absolute atomic E-state index is 12.4. The summed E-state index contributed by atoms with van der Waals surface area (Å²) in [6, 6.07) is 11.0. The van der Waals surface area contributed by atoms with Gasteiger partial charge < -0.3 is 9.15 Å². The number of nitrogens with zero attached hydrogens (tertiary/aromatic N) is 3. The van der Waals surface area contributed by atoms with Crippen LogP contribution in [0.4, 0.5) is 0 Å². The van der Waals surface area contributed by atoms with Gasteiger partial charge in [0, 0.05) is 0 Å². The number of hydrogen-bond acceptors (Lipinski definition) is 6. The van der Waals surface area contributed by atoms with Crippen LogP contribution in [0.3, 0.4) is 0 Å². The fraction of sp³-hybridized carbons (Fsp3) is 0.0625. The number of methoxy groups -OCH3 is 1. The van der Waals surface area contributed by atoms with E-state index in [4.69, 9.17) is 9.15 Å². The summed E-state index contributed by atoms with van der Waals surface area (Å²) in [5, 5.41) is 4.21. The summed E-state index contributed by atoms with van der Waals surface area (Å²) in [6.07, 6.45) is 3.36. The Labute approximate surface area is 134 Å². The van der Waals surface area contributed by atoms with Crippen molar-refractivity contribution in [2.24, 2.45) is 0 Å². The highest BCUT2D eigenvalue weighted by molar-refractivity contribution is 7.15. The van der Waals surface area contributed by atoms with E-state index in [9.17, 15) is 4.79 Å². The summed E-state index contributed by atoms with van der Waals surface area (Å²) in [6.45, 7) is 0. The van der Waals surface area contributed by atoms with Crippen LogP contribution in [0.1, 0.15) is 5.56 Å². The largest absolute Gasteiger partial charge is 0.497 e. The molecule has 0 bridgehead atoms. The zero-order valence-electron chi connectivity index (χ0n) is 12.1. The minimum Gasteiger partial charge on any atom is -0.497 e. The van der Waals surface area contributed by atoms with Crippen LogP contribution in [0.5, 0.6) is 5.75 Å². The Kier molecular flexibility index (Phi) is 3.20. The molecule has 1 aromatic carbocycles. The third-order valence-electron chi connectivity index (χ3n) is 3.34. The molecule has 6 nitrogen and oxygen atoms in total. The summed E-state index contributed by atoms with van der Waals surface area (Å²) in [5.41, 5.74) is 0.727. The predicted octanol–water partition coefficient (Wildman–Crippen LogP) is 1.97. The summed E-state index contributed by atoms with van der Waals surface area (Å²) in [5.74, 6) is 1.73. The molecule has 4 aromatic rings. The molecule has 7 heteroatoms. The number of thiazole rings is 1. The van der Waals surface area contributed by atoms with Crippen LogP contribution in [0.2, 0.25) is 0 Å². The molecule has 0 fully saturated rings.